The molecule has 0 saturated carbocycles. The Bertz CT molecular complexity index is 526. The van der Waals surface area contributed by atoms with Crippen molar-refractivity contribution in [2.75, 3.05) is 11.9 Å². The van der Waals surface area contributed by atoms with E-state index in [9.17, 15) is 0 Å². The zero-order valence-electron chi connectivity index (χ0n) is 10.4. The van der Waals surface area contributed by atoms with E-state index in [1.807, 2.05) is 30.6 Å². The van der Waals surface area contributed by atoms with Crippen LogP contribution in [0.3, 0.4) is 0 Å². The van der Waals surface area contributed by atoms with Crippen LogP contribution in [0.25, 0.3) is 0 Å². The second-order valence-corrected chi connectivity index (χ2v) is 5.44. The summed E-state index contributed by atoms with van der Waals surface area (Å²) in [6.45, 7) is 2.62. The van der Waals surface area contributed by atoms with Gasteiger partial charge in [0.25, 0.3) is 0 Å². The van der Waals surface area contributed by atoms with Crippen molar-refractivity contribution in [3.8, 4) is 0 Å². The number of nitrogens with zero attached hydrogens (tertiary/aromatic N) is 2. The Balaban J connectivity index is 2.20. The minimum atomic E-state index is 0.223. The third-order valence-electron chi connectivity index (χ3n) is 2.96. The van der Waals surface area contributed by atoms with Crippen LogP contribution in [0.2, 0.25) is 5.02 Å². The van der Waals surface area contributed by atoms with Crippen LogP contribution < -0.4 is 10.6 Å². The molecule has 1 aromatic heterocycles. The lowest BCUT2D eigenvalue weighted by atomic mass is 10.1. The Hall–Kier alpha value is -1.10. The van der Waals surface area contributed by atoms with Crippen LogP contribution in [0.4, 0.5) is 5.13 Å². The third-order valence-corrected chi connectivity index (χ3v) is 4.18. The van der Waals surface area contributed by atoms with Crippen molar-refractivity contribution in [2.24, 2.45) is 5.73 Å². The van der Waals surface area contributed by atoms with E-state index in [4.69, 9.17) is 17.3 Å². The first-order valence-electron chi connectivity index (χ1n) is 5.74. The molecular formula is C13H16ClN3S. The monoisotopic (exact) mass is 281 g/mol. The van der Waals surface area contributed by atoms with Crippen molar-refractivity contribution in [1.82, 2.24) is 4.98 Å². The largest absolute Gasteiger partial charge is 0.344 e. The summed E-state index contributed by atoms with van der Waals surface area (Å²) in [5.41, 5.74) is 7.68. The molecule has 0 radical (unpaired) electrons. The smallest absolute Gasteiger partial charge is 0.185 e. The first-order chi connectivity index (χ1) is 8.61. The van der Waals surface area contributed by atoms with Gasteiger partial charge in [-0.2, -0.15) is 0 Å². The molecule has 1 aromatic carbocycles. The zero-order chi connectivity index (χ0) is 13.1. The summed E-state index contributed by atoms with van der Waals surface area (Å²) in [6.07, 6.45) is 0. The maximum absolute atomic E-state index is 6.02. The summed E-state index contributed by atoms with van der Waals surface area (Å²) in [4.78, 5) is 6.62. The zero-order valence-corrected chi connectivity index (χ0v) is 12.0. The van der Waals surface area contributed by atoms with Crippen LogP contribution in [0, 0.1) is 0 Å². The van der Waals surface area contributed by atoms with Gasteiger partial charge < -0.3 is 10.6 Å². The molecule has 1 heterocycles. The van der Waals surface area contributed by atoms with Gasteiger partial charge in [-0.15, -0.1) is 11.3 Å². The highest BCUT2D eigenvalue weighted by Crippen LogP contribution is 2.28. The van der Waals surface area contributed by atoms with E-state index in [-0.39, 0.29) is 6.04 Å². The van der Waals surface area contributed by atoms with E-state index in [1.165, 1.54) is 5.56 Å². The molecule has 0 amide bonds. The molecule has 0 bridgehead atoms. The highest BCUT2D eigenvalue weighted by atomic mass is 35.5. The SMILES string of the molecule is CC(c1cccc(Cl)c1)N(C)c1nc(CN)cs1. The topological polar surface area (TPSA) is 42.2 Å². The number of nitrogens with two attached hydrogens (primary N) is 1. The quantitative estimate of drug-likeness (QED) is 0.933. The molecule has 0 aliphatic heterocycles. The minimum absolute atomic E-state index is 0.223. The lowest BCUT2D eigenvalue weighted by Crippen LogP contribution is -2.21. The van der Waals surface area contributed by atoms with Crippen LogP contribution in [-0.2, 0) is 6.54 Å². The predicted molar refractivity (Wildman–Crippen MR) is 78.3 cm³/mol. The van der Waals surface area contributed by atoms with Crippen LogP contribution in [-0.4, -0.2) is 12.0 Å². The van der Waals surface area contributed by atoms with Gasteiger partial charge in [0.1, 0.15) is 0 Å². The molecule has 1 unspecified atom stereocenters. The number of halogens is 1. The average Bonchev–Trinajstić information content (AvgIpc) is 2.85. The second-order valence-electron chi connectivity index (χ2n) is 4.17. The van der Waals surface area contributed by atoms with Gasteiger partial charge in [0.2, 0.25) is 0 Å². The molecule has 0 fully saturated rings. The molecule has 1 atom stereocenters. The fourth-order valence-electron chi connectivity index (χ4n) is 1.71. The molecule has 0 saturated heterocycles. The fourth-order valence-corrected chi connectivity index (χ4v) is 2.79. The summed E-state index contributed by atoms with van der Waals surface area (Å²) in [7, 11) is 2.03. The third kappa shape index (κ3) is 2.83. The maximum atomic E-state index is 6.02. The number of rotatable bonds is 4. The van der Waals surface area contributed by atoms with Crippen molar-refractivity contribution < 1.29 is 0 Å². The van der Waals surface area contributed by atoms with Gasteiger partial charge in [-0.05, 0) is 24.6 Å². The number of benzene rings is 1. The van der Waals surface area contributed by atoms with Gasteiger partial charge >= 0.3 is 0 Å². The average molecular weight is 282 g/mol. The van der Waals surface area contributed by atoms with Gasteiger partial charge in [-0.1, -0.05) is 23.7 Å². The van der Waals surface area contributed by atoms with Gasteiger partial charge in [-0.25, -0.2) is 4.98 Å². The predicted octanol–water partition coefficient (Wildman–Crippen LogP) is 3.45. The Morgan fingerprint density at radius 1 is 1.50 bits per heavy atom. The Kier molecular flexibility index (Phi) is 4.22. The molecule has 2 aromatic rings. The highest BCUT2D eigenvalue weighted by molar-refractivity contribution is 7.13. The summed E-state index contributed by atoms with van der Waals surface area (Å²) in [6, 6.07) is 8.13. The van der Waals surface area contributed by atoms with Crippen LogP contribution >= 0.6 is 22.9 Å². The normalized spacial score (nSPS) is 12.4. The van der Waals surface area contributed by atoms with Crippen molar-refractivity contribution >= 4 is 28.1 Å². The van der Waals surface area contributed by atoms with E-state index in [1.54, 1.807) is 11.3 Å². The molecular weight excluding hydrogens is 266 g/mol. The van der Waals surface area contributed by atoms with Crippen LogP contribution in [0.5, 0.6) is 0 Å². The molecule has 0 aliphatic rings. The summed E-state index contributed by atoms with van der Waals surface area (Å²) < 4.78 is 0. The molecule has 3 nitrogen and oxygen atoms in total. The van der Waals surface area contributed by atoms with E-state index >= 15 is 0 Å². The highest BCUT2D eigenvalue weighted by Gasteiger charge is 2.15. The first kappa shape index (κ1) is 13.3. The Morgan fingerprint density at radius 3 is 2.89 bits per heavy atom. The van der Waals surface area contributed by atoms with Crippen molar-refractivity contribution in [1.29, 1.82) is 0 Å². The van der Waals surface area contributed by atoms with Gasteiger partial charge in [0, 0.05) is 24.0 Å². The molecule has 5 heteroatoms. The lowest BCUT2D eigenvalue weighted by Gasteiger charge is -2.24. The fraction of sp³-hybridized carbons (Fsp3) is 0.308. The number of hydrogen-bond donors (Lipinski definition) is 1. The summed E-state index contributed by atoms with van der Waals surface area (Å²) in [5.74, 6) is 0. The number of anilines is 1. The minimum Gasteiger partial charge on any atom is -0.344 e. The van der Waals surface area contributed by atoms with E-state index < -0.39 is 0 Å². The first-order valence-corrected chi connectivity index (χ1v) is 7.00. The number of hydrogen-bond acceptors (Lipinski definition) is 4. The molecule has 2 rings (SSSR count). The lowest BCUT2D eigenvalue weighted by molar-refractivity contribution is 0.734. The van der Waals surface area contributed by atoms with E-state index in [0.29, 0.717) is 6.54 Å². The molecule has 96 valence electrons. The van der Waals surface area contributed by atoms with Crippen LogP contribution in [0.1, 0.15) is 24.2 Å². The van der Waals surface area contributed by atoms with E-state index in [0.717, 1.165) is 15.8 Å². The molecule has 18 heavy (non-hydrogen) atoms. The summed E-state index contributed by atoms with van der Waals surface area (Å²) >= 11 is 7.63. The molecule has 2 N–H and O–H groups in total. The van der Waals surface area contributed by atoms with Crippen LogP contribution in [0.15, 0.2) is 29.6 Å². The molecule has 0 spiro atoms. The number of thiazole rings is 1. The van der Waals surface area contributed by atoms with Crippen molar-refractivity contribution in [2.45, 2.75) is 19.5 Å². The number of aromatic nitrogens is 1. The van der Waals surface area contributed by atoms with E-state index in [2.05, 4.69) is 22.9 Å². The maximum Gasteiger partial charge on any atom is 0.185 e. The summed E-state index contributed by atoms with van der Waals surface area (Å²) in [5, 5.41) is 3.73. The van der Waals surface area contributed by atoms with Crippen molar-refractivity contribution in [3.63, 3.8) is 0 Å². The van der Waals surface area contributed by atoms with Gasteiger partial charge in [-0.3, -0.25) is 0 Å². The standard InChI is InChI=1S/C13H16ClN3S/c1-9(10-4-3-5-11(14)6-10)17(2)13-16-12(7-15)8-18-13/h3-6,8-9H,7,15H2,1-2H3. The second kappa shape index (κ2) is 5.69. The van der Waals surface area contributed by atoms with Crippen molar-refractivity contribution in [3.05, 3.63) is 45.9 Å². The van der Waals surface area contributed by atoms with Gasteiger partial charge in [0.15, 0.2) is 5.13 Å². The Morgan fingerprint density at radius 2 is 2.28 bits per heavy atom. The molecule has 0 aliphatic carbocycles. The Labute approximate surface area is 116 Å². The van der Waals surface area contributed by atoms with Gasteiger partial charge in [0.05, 0.1) is 11.7 Å².